The molecule has 2 aromatic rings. The van der Waals surface area contributed by atoms with E-state index in [1.165, 1.54) is 16.7 Å². The molecule has 0 bridgehead atoms. The van der Waals surface area contributed by atoms with Crippen LogP contribution >= 0.6 is 11.3 Å². The van der Waals surface area contributed by atoms with Crippen molar-refractivity contribution in [3.05, 3.63) is 45.5 Å². The van der Waals surface area contributed by atoms with Crippen LogP contribution in [-0.2, 0) is 6.54 Å². The van der Waals surface area contributed by atoms with E-state index in [1.54, 1.807) is 24.3 Å². The molecule has 0 spiro atoms. The quantitative estimate of drug-likeness (QED) is 0.888. The molecular formula is C12H13NO2S. The number of amides is 1. The van der Waals surface area contributed by atoms with Crippen LogP contribution in [0.5, 0.6) is 0 Å². The average molecular weight is 235 g/mol. The number of carbonyl (C=O) groups is 1. The van der Waals surface area contributed by atoms with Crippen LogP contribution in [0.4, 0.5) is 0 Å². The first-order valence-electron chi connectivity index (χ1n) is 5.03. The number of hydrogen-bond donors (Lipinski definition) is 1. The summed E-state index contributed by atoms with van der Waals surface area (Å²) in [5.41, 5.74) is 1.82. The number of rotatable bonds is 3. The van der Waals surface area contributed by atoms with Crippen molar-refractivity contribution in [1.82, 2.24) is 5.32 Å². The first-order valence-corrected chi connectivity index (χ1v) is 5.91. The van der Waals surface area contributed by atoms with Crippen LogP contribution in [0.15, 0.2) is 28.2 Å². The molecule has 1 N–H and O–H groups in total. The highest BCUT2D eigenvalue weighted by molar-refractivity contribution is 7.10. The molecule has 0 saturated carbocycles. The molecule has 4 heteroatoms. The Bertz CT molecular complexity index is 499. The fourth-order valence-electron chi connectivity index (χ4n) is 1.46. The molecule has 2 heterocycles. The van der Waals surface area contributed by atoms with Gasteiger partial charge in [0.05, 0.1) is 18.4 Å². The molecule has 1 amide bonds. The normalized spacial score (nSPS) is 10.4. The molecular weight excluding hydrogens is 222 g/mol. The molecule has 0 fully saturated rings. The SMILES string of the molecule is Cc1ccsc1CNC(=O)c1ccoc1C. The van der Waals surface area contributed by atoms with E-state index in [9.17, 15) is 4.79 Å². The summed E-state index contributed by atoms with van der Waals surface area (Å²) < 4.78 is 5.09. The number of carbonyl (C=O) groups excluding carboxylic acids is 1. The fraction of sp³-hybridized carbons (Fsp3) is 0.250. The van der Waals surface area contributed by atoms with Crippen LogP contribution in [0.1, 0.15) is 26.6 Å². The highest BCUT2D eigenvalue weighted by Gasteiger charge is 2.11. The minimum absolute atomic E-state index is 0.0842. The van der Waals surface area contributed by atoms with Gasteiger partial charge in [-0.2, -0.15) is 0 Å². The van der Waals surface area contributed by atoms with Crippen LogP contribution in [0.2, 0.25) is 0 Å². The molecule has 0 aliphatic carbocycles. The average Bonchev–Trinajstić information content (AvgIpc) is 2.84. The highest BCUT2D eigenvalue weighted by Crippen LogP contribution is 2.15. The summed E-state index contributed by atoms with van der Waals surface area (Å²) in [6, 6.07) is 3.74. The predicted molar refractivity (Wildman–Crippen MR) is 63.7 cm³/mol. The monoisotopic (exact) mass is 235 g/mol. The first kappa shape index (κ1) is 11.0. The van der Waals surface area contributed by atoms with Crippen molar-refractivity contribution in [2.24, 2.45) is 0 Å². The van der Waals surface area contributed by atoms with Crippen molar-refractivity contribution in [3.8, 4) is 0 Å². The second-order valence-corrected chi connectivity index (χ2v) is 4.60. The Morgan fingerprint density at radius 2 is 2.25 bits per heavy atom. The van der Waals surface area contributed by atoms with E-state index in [-0.39, 0.29) is 5.91 Å². The van der Waals surface area contributed by atoms with Gasteiger partial charge >= 0.3 is 0 Å². The topological polar surface area (TPSA) is 42.2 Å². The van der Waals surface area contributed by atoms with E-state index < -0.39 is 0 Å². The van der Waals surface area contributed by atoms with Crippen LogP contribution in [-0.4, -0.2) is 5.91 Å². The third-order valence-electron chi connectivity index (χ3n) is 2.48. The Balaban J connectivity index is 1.99. The largest absolute Gasteiger partial charge is 0.469 e. The lowest BCUT2D eigenvalue weighted by molar-refractivity contribution is 0.0950. The van der Waals surface area contributed by atoms with Crippen molar-refractivity contribution in [3.63, 3.8) is 0 Å². The summed E-state index contributed by atoms with van der Waals surface area (Å²) in [5.74, 6) is 0.569. The third-order valence-corrected chi connectivity index (χ3v) is 3.50. The molecule has 16 heavy (non-hydrogen) atoms. The Kier molecular flexibility index (Phi) is 3.10. The van der Waals surface area contributed by atoms with Crippen molar-refractivity contribution in [2.45, 2.75) is 20.4 Å². The molecule has 3 nitrogen and oxygen atoms in total. The van der Waals surface area contributed by atoms with Gasteiger partial charge in [-0.3, -0.25) is 4.79 Å². The summed E-state index contributed by atoms with van der Waals surface area (Å²) in [4.78, 5) is 13.0. The maximum atomic E-state index is 11.8. The standard InChI is InChI=1S/C12H13NO2S/c1-8-4-6-16-11(8)7-13-12(14)10-3-5-15-9(10)2/h3-6H,7H2,1-2H3,(H,13,14). The van der Waals surface area contributed by atoms with Gasteiger partial charge in [0.1, 0.15) is 5.76 Å². The van der Waals surface area contributed by atoms with E-state index in [4.69, 9.17) is 4.42 Å². The van der Waals surface area contributed by atoms with Crippen molar-refractivity contribution in [2.75, 3.05) is 0 Å². The lowest BCUT2D eigenvalue weighted by Gasteiger charge is -2.03. The molecule has 84 valence electrons. The maximum absolute atomic E-state index is 11.8. The first-order chi connectivity index (χ1) is 7.68. The number of aryl methyl sites for hydroxylation is 2. The zero-order chi connectivity index (χ0) is 11.5. The summed E-state index contributed by atoms with van der Waals surface area (Å²) in [6.07, 6.45) is 1.53. The van der Waals surface area contributed by atoms with Gasteiger partial charge in [0.15, 0.2) is 0 Å². The molecule has 2 rings (SSSR count). The molecule has 0 unspecified atom stereocenters. The van der Waals surface area contributed by atoms with Crippen LogP contribution in [0, 0.1) is 13.8 Å². The van der Waals surface area contributed by atoms with Gasteiger partial charge in [-0.25, -0.2) is 0 Å². The highest BCUT2D eigenvalue weighted by atomic mass is 32.1. The fourth-order valence-corrected chi connectivity index (χ4v) is 2.31. The summed E-state index contributed by atoms with van der Waals surface area (Å²) in [5, 5.41) is 4.91. The van der Waals surface area contributed by atoms with Gasteiger partial charge < -0.3 is 9.73 Å². The molecule has 0 radical (unpaired) electrons. The van der Waals surface area contributed by atoms with Gasteiger partial charge in [0.25, 0.3) is 5.91 Å². The summed E-state index contributed by atoms with van der Waals surface area (Å²) in [6.45, 7) is 4.40. The molecule has 0 aliphatic rings. The number of thiophene rings is 1. The van der Waals surface area contributed by atoms with Crippen LogP contribution < -0.4 is 5.32 Å². The lowest BCUT2D eigenvalue weighted by Crippen LogP contribution is -2.22. The predicted octanol–water partition coefficient (Wildman–Crippen LogP) is 2.89. The molecule has 0 saturated heterocycles. The van der Waals surface area contributed by atoms with E-state index in [1.807, 2.05) is 12.3 Å². The second-order valence-electron chi connectivity index (χ2n) is 3.60. The number of hydrogen-bond acceptors (Lipinski definition) is 3. The van der Waals surface area contributed by atoms with Crippen LogP contribution in [0.25, 0.3) is 0 Å². The molecule has 2 aromatic heterocycles. The van der Waals surface area contributed by atoms with Crippen LogP contribution in [0.3, 0.4) is 0 Å². The Morgan fingerprint density at radius 3 is 2.81 bits per heavy atom. The molecule has 0 atom stereocenters. The Labute approximate surface area is 98.1 Å². The Morgan fingerprint density at radius 1 is 1.44 bits per heavy atom. The molecule has 0 aromatic carbocycles. The van der Waals surface area contributed by atoms with Gasteiger partial charge in [-0.15, -0.1) is 11.3 Å². The molecule has 0 aliphatic heterocycles. The van der Waals surface area contributed by atoms with Crippen molar-refractivity contribution in [1.29, 1.82) is 0 Å². The summed E-state index contributed by atoms with van der Waals surface area (Å²) >= 11 is 1.65. The minimum Gasteiger partial charge on any atom is -0.469 e. The number of furan rings is 1. The smallest absolute Gasteiger partial charge is 0.255 e. The van der Waals surface area contributed by atoms with E-state index in [0.717, 1.165) is 0 Å². The maximum Gasteiger partial charge on any atom is 0.255 e. The van der Waals surface area contributed by atoms with Gasteiger partial charge in [0.2, 0.25) is 0 Å². The zero-order valence-corrected chi connectivity index (χ0v) is 10.1. The number of nitrogens with one attached hydrogen (secondary N) is 1. The lowest BCUT2D eigenvalue weighted by atomic mass is 10.2. The van der Waals surface area contributed by atoms with E-state index in [2.05, 4.69) is 11.4 Å². The summed E-state index contributed by atoms with van der Waals surface area (Å²) in [7, 11) is 0. The van der Waals surface area contributed by atoms with E-state index in [0.29, 0.717) is 17.9 Å². The van der Waals surface area contributed by atoms with Gasteiger partial charge in [0, 0.05) is 4.88 Å². The van der Waals surface area contributed by atoms with Gasteiger partial charge in [-0.05, 0) is 36.9 Å². The zero-order valence-electron chi connectivity index (χ0n) is 9.24. The van der Waals surface area contributed by atoms with Crippen molar-refractivity contribution < 1.29 is 9.21 Å². The minimum atomic E-state index is -0.0842. The Hall–Kier alpha value is -1.55. The van der Waals surface area contributed by atoms with E-state index >= 15 is 0 Å². The third kappa shape index (κ3) is 2.17. The second kappa shape index (κ2) is 4.53. The van der Waals surface area contributed by atoms with Gasteiger partial charge in [-0.1, -0.05) is 0 Å². The van der Waals surface area contributed by atoms with Crippen molar-refractivity contribution >= 4 is 17.2 Å².